The van der Waals surface area contributed by atoms with Gasteiger partial charge in [0.15, 0.2) is 0 Å². The van der Waals surface area contributed by atoms with E-state index < -0.39 is 4.92 Å². The first-order valence-electron chi connectivity index (χ1n) is 5.80. The Hall–Kier alpha value is -1.13. The van der Waals surface area contributed by atoms with Gasteiger partial charge in [0.05, 0.1) is 9.95 Å². The van der Waals surface area contributed by atoms with Crippen molar-refractivity contribution in [2.45, 2.75) is 25.8 Å². The molecular formula is C12H15ClN2O2. The van der Waals surface area contributed by atoms with Crippen LogP contribution in [0.4, 0.5) is 5.69 Å². The predicted molar refractivity (Wildman–Crippen MR) is 67.2 cm³/mol. The highest BCUT2D eigenvalue weighted by atomic mass is 35.5. The zero-order valence-corrected chi connectivity index (χ0v) is 10.2. The molecule has 92 valence electrons. The molecule has 1 fully saturated rings. The van der Waals surface area contributed by atoms with Crippen LogP contribution in [0.2, 0.25) is 5.02 Å². The van der Waals surface area contributed by atoms with E-state index in [4.69, 9.17) is 11.6 Å². The van der Waals surface area contributed by atoms with Crippen LogP contribution in [-0.4, -0.2) is 11.5 Å². The lowest BCUT2D eigenvalue weighted by Crippen LogP contribution is -2.26. The Labute approximate surface area is 105 Å². The number of halogens is 1. The van der Waals surface area contributed by atoms with Crippen LogP contribution >= 0.6 is 11.6 Å². The summed E-state index contributed by atoms with van der Waals surface area (Å²) in [5.41, 5.74) is 0.953. The second kappa shape index (κ2) is 5.47. The number of nitro benzene ring substituents is 1. The van der Waals surface area contributed by atoms with Crippen molar-refractivity contribution in [2.75, 3.05) is 6.54 Å². The molecule has 0 atom stereocenters. The van der Waals surface area contributed by atoms with Gasteiger partial charge in [0.2, 0.25) is 0 Å². The highest BCUT2D eigenvalue weighted by molar-refractivity contribution is 6.31. The average molecular weight is 255 g/mol. The zero-order valence-electron chi connectivity index (χ0n) is 9.49. The topological polar surface area (TPSA) is 55.2 Å². The molecule has 1 aliphatic rings. The Morgan fingerprint density at radius 2 is 2.24 bits per heavy atom. The molecule has 0 aliphatic heterocycles. The first kappa shape index (κ1) is 12.3. The lowest BCUT2D eigenvalue weighted by Gasteiger charge is -2.25. The molecule has 0 unspecified atom stereocenters. The highest BCUT2D eigenvalue weighted by Gasteiger charge is 2.16. The summed E-state index contributed by atoms with van der Waals surface area (Å²) >= 11 is 5.99. The number of nitrogens with zero attached hydrogens (tertiary/aromatic N) is 1. The van der Waals surface area contributed by atoms with E-state index in [-0.39, 0.29) is 5.69 Å². The minimum Gasteiger partial charge on any atom is -0.312 e. The largest absolute Gasteiger partial charge is 0.312 e. The van der Waals surface area contributed by atoms with Crippen molar-refractivity contribution in [1.29, 1.82) is 0 Å². The van der Waals surface area contributed by atoms with E-state index in [9.17, 15) is 10.1 Å². The van der Waals surface area contributed by atoms with E-state index in [1.165, 1.54) is 31.4 Å². The van der Waals surface area contributed by atoms with Gasteiger partial charge in [-0.15, -0.1) is 0 Å². The Kier molecular flexibility index (Phi) is 3.97. The molecule has 17 heavy (non-hydrogen) atoms. The van der Waals surface area contributed by atoms with Crippen LogP contribution in [0.1, 0.15) is 24.8 Å². The molecule has 0 heterocycles. The molecule has 1 N–H and O–H groups in total. The number of nitro groups is 1. The standard InChI is InChI=1S/C12H15ClN2O2/c13-12-6-11(15(16)17)5-4-10(12)8-14-7-9-2-1-3-9/h4-6,9,14H,1-3,7-8H2. The molecule has 0 bridgehead atoms. The van der Waals surface area contributed by atoms with Crippen molar-refractivity contribution >= 4 is 17.3 Å². The van der Waals surface area contributed by atoms with Gasteiger partial charge in [0.25, 0.3) is 5.69 Å². The molecule has 0 aromatic heterocycles. The summed E-state index contributed by atoms with van der Waals surface area (Å²) in [5.74, 6) is 0.798. The number of rotatable bonds is 5. The van der Waals surface area contributed by atoms with Crippen molar-refractivity contribution in [2.24, 2.45) is 5.92 Å². The second-order valence-corrected chi connectivity index (χ2v) is 4.87. The molecule has 5 heteroatoms. The van der Waals surface area contributed by atoms with E-state index in [0.717, 1.165) is 18.0 Å². The van der Waals surface area contributed by atoms with Crippen LogP contribution in [0.3, 0.4) is 0 Å². The Morgan fingerprint density at radius 1 is 1.47 bits per heavy atom. The fourth-order valence-corrected chi connectivity index (χ4v) is 2.14. The van der Waals surface area contributed by atoms with Crippen molar-refractivity contribution in [3.05, 3.63) is 38.9 Å². The number of benzene rings is 1. The van der Waals surface area contributed by atoms with Gasteiger partial charge in [0, 0.05) is 18.7 Å². The summed E-state index contributed by atoms with van der Waals surface area (Å²) in [5, 5.41) is 14.3. The van der Waals surface area contributed by atoms with E-state index in [1.807, 2.05) is 0 Å². The number of hydrogen-bond acceptors (Lipinski definition) is 3. The molecule has 1 saturated carbocycles. The third-order valence-corrected chi connectivity index (χ3v) is 3.57. The molecule has 4 nitrogen and oxygen atoms in total. The third-order valence-electron chi connectivity index (χ3n) is 3.22. The van der Waals surface area contributed by atoms with E-state index in [2.05, 4.69) is 5.32 Å². The lowest BCUT2D eigenvalue weighted by molar-refractivity contribution is -0.384. The van der Waals surface area contributed by atoms with Gasteiger partial charge in [-0.25, -0.2) is 0 Å². The van der Waals surface area contributed by atoms with Gasteiger partial charge < -0.3 is 5.32 Å². The van der Waals surface area contributed by atoms with E-state index in [0.29, 0.717) is 11.6 Å². The van der Waals surface area contributed by atoms with Crippen molar-refractivity contribution in [3.63, 3.8) is 0 Å². The molecule has 1 aromatic carbocycles. The fraction of sp³-hybridized carbons (Fsp3) is 0.500. The van der Waals surface area contributed by atoms with Gasteiger partial charge in [-0.05, 0) is 36.9 Å². The Morgan fingerprint density at radius 3 is 2.76 bits per heavy atom. The highest BCUT2D eigenvalue weighted by Crippen LogP contribution is 2.26. The molecule has 0 saturated heterocycles. The van der Waals surface area contributed by atoms with Crippen LogP contribution in [0.25, 0.3) is 0 Å². The normalized spacial score (nSPS) is 15.6. The van der Waals surface area contributed by atoms with Gasteiger partial charge in [-0.3, -0.25) is 10.1 Å². The fourth-order valence-electron chi connectivity index (χ4n) is 1.90. The SMILES string of the molecule is O=[N+]([O-])c1ccc(CNCC2CCC2)c(Cl)c1. The minimum absolute atomic E-state index is 0.0396. The molecule has 0 amide bonds. The van der Waals surface area contributed by atoms with Crippen molar-refractivity contribution in [3.8, 4) is 0 Å². The summed E-state index contributed by atoms with van der Waals surface area (Å²) in [6.07, 6.45) is 3.95. The number of non-ortho nitro benzene ring substituents is 1. The predicted octanol–water partition coefficient (Wildman–Crippen LogP) is 3.14. The summed E-state index contributed by atoms with van der Waals surface area (Å²) in [6.45, 7) is 1.68. The molecule has 0 spiro atoms. The maximum Gasteiger partial charge on any atom is 0.270 e. The second-order valence-electron chi connectivity index (χ2n) is 4.46. The maximum atomic E-state index is 10.5. The van der Waals surface area contributed by atoms with Gasteiger partial charge in [-0.1, -0.05) is 18.0 Å². The smallest absolute Gasteiger partial charge is 0.270 e. The Bertz CT molecular complexity index is 419. The lowest BCUT2D eigenvalue weighted by atomic mass is 9.85. The summed E-state index contributed by atoms with van der Waals surface area (Å²) < 4.78 is 0. The van der Waals surface area contributed by atoms with Crippen molar-refractivity contribution in [1.82, 2.24) is 5.32 Å². The number of nitrogens with one attached hydrogen (secondary N) is 1. The summed E-state index contributed by atoms with van der Waals surface area (Å²) in [6, 6.07) is 4.61. The summed E-state index contributed by atoms with van der Waals surface area (Å²) in [4.78, 5) is 10.1. The van der Waals surface area contributed by atoms with Gasteiger partial charge in [0.1, 0.15) is 0 Å². The molecular weight excluding hydrogens is 240 g/mol. The molecule has 0 radical (unpaired) electrons. The molecule has 1 aliphatic carbocycles. The number of hydrogen-bond donors (Lipinski definition) is 1. The molecule has 1 aromatic rings. The van der Waals surface area contributed by atoms with Crippen LogP contribution in [-0.2, 0) is 6.54 Å². The minimum atomic E-state index is -0.433. The van der Waals surface area contributed by atoms with E-state index >= 15 is 0 Å². The van der Waals surface area contributed by atoms with Crippen LogP contribution in [0.15, 0.2) is 18.2 Å². The third kappa shape index (κ3) is 3.17. The van der Waals surface area contributed by atoms with Gasteiger partial charge in [-0.2, -0.15) is 0 Å². The van der Waals surface area contributed by atoms with Crippen molar-refractivity contribution < 1.29 is 4.92 Å². The zero-order chi connectivity index (χ0) is 12.3. The van der Waals surface area contributed by atoms with Crippen LogP contribution < -0.4 is 5.32 Å². The first-order chi connectivity index (χ1) is 8.16. The van der Waals surface area contributed by atoms with E-state index in [1.54, 1.807) is 6.07 Å². The quantitative estimate of drug-likeness (QED) is 0.649. The average Bonchev–Trinajstić information content (AvgIpc) is 2.23. The van der Waals surface area contributed by atoms with Gasteiger partial charge >= 0.3 is 0 Å². The van der Waals surface area contributed by atoms with Crippen LogP contribution in [0, 0.1) is 16.0 Å². The maximum absolute atomic E-state index is 10.5. The summed E-state index contributed by atoms with van der Waals surface area (Å²) in [7, 11) is 0. The molecule has 2 rings (SSSR count). The van der Waals surface area contributed by atoms with Crippen LogP contribution in [0.5, 0.6) is 0 Å². The Balaban J connectivity index is 1.89. The monoisotopic (exact) mass is 254 g/mol. The first-order valence-corrected chi connectivity index (χ1v) is 6.18.